The maximum absolute atomic E-state index is 11.5. The summed E-state index contributed by atoms with van der Waals surface area (Å²) in [5.41, 5.74) is 0. The number of amides is 2. The van der Waals surface area contributed by atoms with Crippen molar-refractivity contribution in [2.45, 2.75) is 44.7 Å². The van der Waals surface area contributed by atoms with E-state index in [1.165, 1.54) is 12.8 Å². The molecule has 2 rings (SSSR count). The van der Waals surface area contributed by atoms with E-state index in [1.807, 2.05) is 0 Å². The molecular weight excluding hydrogens is 190 g/mol. The maximum atomic E-state index is 11.5. The molecular formula is C11H21N3O. The first-order valence-electron chi connectivity index (χ1n) is 6.03. The Morgan fingerprint density at radius 2 is 2.20 bits per heavy atom. The number of carbonyl (C=O) groups excluding carboxylic acids is 1. The highest BCUT2D eigenvalue weighted by Gasteiger charge is 2.25. The molecule has 1 saturated heterocycles. The molecule has 4 nitrogen and oxygen atoms in total. The van der Waals surface area contributed by atoms with E-state index in [9.17, 15) is 4.79 Å². The molecule has 0 aromatic rings. The minimum Gasteiger partial charge on any atom is -0.335 e. The van der Waals surface area contributed by atoms with Gasteiger partial charge in [0.1, 0.15) is 0 Å². The number of hydrogen-bond donors (Lipinski definition) is 3. The van der Waals surface area contributed by atoms with Gasteiger partial charge in [0.2, 0.25) is 0 Å². The second-order valence-corrected chi connectivity index (χ2v) is 4.79. The fraction of sp³-hybridized carbons (Fsp3) is 0.909. The van der Waals surface area contributed by atoms with Gasteiger partial charge in [-0.25, -0.2) is 4.79 Å². The number of urea groups is 1. The Hall–Kier alpha value is -0.770. The topological polar surface area (TPSA) is 53.2 Å². The highest BCUT2D eigenvalue weighted by atomic mass is 16.2. The summed E-state index contributed by atoms with van der Waals surface area (Å²) < 4.78 is 0. The van der Waals surface area contributed by atoms with Crippen LogP contribution < -0.4 is 16.0 Å². The molecule has 0 aromatic carbocycles. The summed E-state index contributed by atoms with van der Waals surface area (Å²) in [5, 5.41) is 9.35. The lowest BCUT2D eigenvalue weighted by atomic mass is 9.93. The van der Waals surface area contributed by atoms with E-state index < -0.39 is 0 Å². The van der Waals surface area contributed by atoms with Crippen LogP contribution in [-0.2, 0) is 0 Å². The number of piperidine rings is 1. The quantitative estimate of drug-likeness (QED) is 0.648. The molecule has 1 heterocycles. The molecule has 0 radical (unpaired) electrons. The zero-order valence-corrected chi connectivity index (χ0v) is 9.38. The van der Waals surface area contributed by atoms with Crippen LogP contribution in [0.25, 0.3) is 0 Å². The van der Waals surface area contributed by atoms with Gasteiger partial charge in [-0.3, -0.25) is 0 Å². The van der Waals surface area contributed by atoms with Crippen molar-refractivity contribution in [3.63, 3.8) is 0 Å². The summed E-state index contributed by atoms with van der Waals surface area (Å²) in [5.74, 6) is 0.587. The molecule has 0 spiro atoms. The van der Waals surface area contributed by atoms with Crippen LogP contribution in [0.2, 0.25) is 0 Å². The second kappa shape index (κ2) is 4.84. The Labute approximate surface area is 91.2 Å². The third-order valence-electron chi connectivity index (χ3n) is 3.31. The van der Waals surface area contributed by atoms with Crippen molar-refractivity contribution in [2.24, 2.45) is 5.92 Å². The predicted molar refractivity (Wildman–Crippen MR) is 59.7 cm³/mol. The van der Waals surface area contributed by atoms with Crippen LogP contribution in [0.5, 0.6) is 0 Å². The van der Waals surface area contributed by atoms with E-state index in [4.69, 9.17) is 0 Å². The Kier molecular flexibility index (Phi) is 3.46. The van der Waals surface area contributed by atoms with Gasteiger partial charge in [0.05, 0.1) is 0 Å². The van der Waals surface area contributed by atoms with Crippen LogP contribution >= 0.6 is 0 Å². The predicted octanol–water partition coefficient (Wildman–Crippen LogP) is 0.836. The molecule has 2 unspecified atom stereocenters. The lowest BCUT2D eigenvalue weighted by Crippen LogP contribution is -2.48. The lowest BCUT2D eigenvalue weighted by molar-refractivity contribution is 0.227. The summed E-state index contributed by atoms with van der Waals surface area (Å²) in [6, 6.07) is 0.730. The van der Waals surface area contributed by atoms with Crippen molar-refractivity contribution in [1.29, 1.82) is 0 Å². The Morgan fingerprint density at radius 1 is 1.40 bits per heavy atom. The molecule has 86 valence electrons. The van der Waals surface area contributed by atoms with E-state index in [-0.39, 0.29) is 12.1 Å². The van der Waals surface area contributed by atoms with Crippen LogP contribution in [0.4, 0.5) is 4.79 Å². The van der Waals surface area contributed by atoms with Gasteiger partial charge in [-0.1, -0.05) is 0 Å². The van der Waals surface area contributed by atoms with Crippen molar-refractivity contribution >= 4 is 6.03 Å². The minimum atomic E-state index is 0.00979. The molecule has 1 saturated carbocycles. The van der Waals surface area contributed by atoms with Crippen molar-refractivity contribution in [2.75, 3.05) is 13.1 Å². The van der Waals surface area contributed by atoms with E-state index in [2.05, 4.69) is 22.9 Å². The van der Waals surface area contributed by atoms with Crippen LogP contribution in [0.15, 0.2) is 0 Å². The van der Waals surface area contributed by atoms with Gasteiger partial charge in [-0.2, -0.15) is 0 Å². The third-order valence-corrected chi connectivity index (χ3v) is 3.31. The SMILES string of the molecule is CC(NC(=O)NC1CC1)C1CCCNC1. The average molecular weight is 211 g/mol. The van der Waals surface area contributed by atoms with Crippen LogP contribution in [0.1, 0.15) is 32.6 Å². The first kappa shape index (κ1) is 10.7. The fourth-order valence-corrected chi connectivity index (χ4v) is 2.08. The molecule has 3 N–H and O–H groups in total. The summed E-state index contributed by atoms with van der Waals surface area (Å²) in [7, 11) is 0. The number of rotatable bonds is 3. The van der Waals surface area contributed by atoms with Crippen LogP contribution in [0, 0.1) is 5.92 Å². The number of carbonyl (C=O) groups is 1. The first-order chi connectivity index (χ1) is 7.25. The lowest BCUT2D eigenvalue weighted by Gasteiger charge is -2.28. The average Bonchev–Trinajstić information content (AvgIpc) is 3.03. The van der Waals surface area contributed by atoms with Gasteiger partial charge < -0.3 is 16.0 Å². The van der Waals surface area contributed by atoms with Crippen molar-refractivity contribution < 1.29 is 4.79 Å². The Bertz CT molecular complexity index is 222. The summed E-state index contributed by atoms with van der Waals surface area (Å²) in [6.07, 6.45) is 4.73. The van der Waals surface area contributed by atoms with Gasteiger partial charge >= 0.3 is 6.03 Å². The molecule has 2 atom stereocenters. The molecule has 2 aliphatic rings. The Balaban J connectivity index is 1.69. The van der Waals surface area contributed by atoms with Gasteiger partial charge in [-0.15, -0.1) is 0 Å². The summed E-state index contributed by atoms with van der Waals surface area (Å²) in [6.45, 7) is 4.26. The Morgan fingerprint density at radius 3 is 2.80 bits per heavy atom. The fourth-order valence-electron chi connectivity index (χ4n) is 2.08. The normalized spacial score (nSPS) is 28.2. The molecule has 0 bridgehead atoms. The zero-order valence-electron chi connectivity index (χ0n) is 9.38. The van der Waals surface area contributed by atoms with Crippen LogP contribution in [-0.4, -0.2) is 31.2 Å². The van der Waals surface area contributed by atoms with Gasteiger partial charge in [0.25, 0.3) is 0 Å². The molecule has 1 aliphatic heterocycles. The minimum absolute atomic E-state index is 0.00979. The highest BCUT2D eigenvalue weighted by Crippen LogP contribution is 2.18. The van der Waals surface area contributed by atoms with Gasteiger partial charge in [0, 0.05) is 12.1 Å². The molecule has 0 aromatic heterocycles. The van der Waals surface area contributed by atoms with Crippen molar-refractivity contribution in [3.8, 4) is 0 Å². The highest BCUT2D eigenvalue weighted by molar-refractivity contribution is 5.74. The summed E-state index contributed by atoms with van der Waals surface area (Å²) in [4.78, 5) is 11.5. The van der Waals surface area contributed by atoms with Crippen LogP contribution in [0.3, 0.4) is 0 Å². The maximum Gasteiger partial charge on any atom is 0.315 e. The van der Waals surface area contributed by atoms with Crippen molar-refractivity contribution in [1.82, 2.24) is 16.0 Å². The zero-order chi connectivity index (χ0) is 10.7. The molecule has 2 fully saturated rings. The molecule has 1 aliphatic carbocycles. The monoisotopic (exact) mass is 211 g/mol. The molecule has 2 amide bonds. The van der Waals surface area contributed by atoms with E-state index in [1.54, 1.807) is 0 Å². The largest absolute Gasteiger partial charge is 0.335 e. The molecule has 15 heavy (non-hydrogen) atoms. The van der Waals surface area contributed by atoms with E-state index in [0.29, 0.717) is 12.0 Å². The third kappa shape index (κ3) is 3.38. The number of nitrogens with one attached hydrogen (secondary N) is 3. The van der Waals surface area contributed by atoms with Gasteiger partial charge in [0.15, 0.2) is 0 Å². The first-order valence-corrected chi connectivity index (χ1v) is 6.03. The summed E-state index contributed by atoms with van der Waals surface area (Å²) >= 11 is 0. The smallest absolute Gasteiger partial charge is 0.315 e. The van der Waals surface area contributed by atoms with Gasteiger partial charge in [-0.05, 0) is 51.6 Å². The second-order valence-electron chi connectivity index (χ2n) is 4.79. The standard InChI is InChI=1S/C11H21N3O/c1-8(9-3-2-6-12-7-9)13-11(15)14-10-4-5-10/h8-10,12H,2-7H2,1H3,(H2,13,14,15). The van der Waals surface area contributed by atoms with E-state index in [0.717, 1.165) is 25.9 Å². The van der Waals surface area contributed by atoms with Crippen molar-refractivity contribution in [3.05, 3.63) is 0 Å². The number of hydrogen-bond acceptors (Lipinski definition) is 2. The van der Waals surface area contributed by atoms with E-state index >= 15 is 0 Å². The molecule has 4 heteroatoms.